The molecule has 8 nitrogen and oxygen atoms in total. The molecule has 0 aromatic heterocycles. The van der Waals surface area contributed by atoms with Crippen LogP contribution in [0.3, 0.4) is 0 Å². The third-order valence-electron chi connectivity index (χ3n) is 2.49. The van der Waals surface area contributed by atoms with Crippen molar-refractivity contribution < 1.29 is 32.2 Å². The Morgan fingerprint density at radius 3 is 2.33 bits per heavy atom. The molecule has 0 atom stereocenters. The number of methoxy groups -OCH3 is 2. The monoisotopic (exact) mass is 381 g/mol. The molecule has 0 saturated carbocycles. The van der Waals surface area contributed by atoms with Crippen LogP contribution in [0.15, 0.2) is 17.0 Å². The van der Waals surface area contributed by atoms with E-state index in [0.29, 0.717) is 0 Å². The van der Waals surface area contributed by atoms with Gasteiger partial charge in [0, 0.05) is 23.9 Å². The van der Waals surface area contributed by atoms with Gasteiger partial charge in [-0.05, 0) is 26.8 Å². The highest BCUT2D eigenvalue weighted by Gasteiger charge is 2.23. The molecule has 0 saturated heterocycles. The summed E-state index contributed by atoms with van der Waals surface area (Å²) in [6.45, 7) is 4.92. The second kappa shape index (κ2) is 7.91. The molecule has 0 spiro atoms. The third kappa shape index (κ3) is 6.06. The average Bonchev–Trinajstić information content (AvgIpc) is 2.41. The Bertz CT molecular complexity index is 698. The van der Waals surface area contributed by atoms with Gasteiger partial charge in [-0.2, -0.15) is 0 Å². The first-order chi connectivity index (χ1) is 11.0. The maximum absolute atomic E-state index is 12.0. The molecule has 1 aromatic carbocycles. The first-order valence-electron chi connectivity index (χ1n) is 6.76. The van der Waals surface area contributed by atoms with E-state index in [0.717, 1.165) is 6.07 Å². The Balaban J connectivity index is 3.33. The molecule has 0 aliphatic heterocycles. The van der Waals surface area contributed by atoms with Crippen LogP contribution < -0.4 is 14.8 Å². The molecule has 1 rings (SSSR count). The van der Waals surface area contributed by atoms with Crippen molar-refractivity contribution in [1.29, 1.82) is 0 Å². The average molecular weight is 382 g/mol. The van der Waals surface area contributed by atoms with Gasteiger partial charge in [0.2, 0.25) is 0 Å². The third-order valence-corrected chi connectivity index (χ3v) is 3.82. The summed E-state index contributed by atoms with van der Waals surface area (Å²) in [5.74, 6) is 0.133. The number of hydrogen-bond acceptors (Lipinski definition) is 7. The van der Waals surface area contributed by atoms with Crippen molar-refractivity contribution in [2.45, 2.75) is 31.3 Å². The first kappa shape index (κ1) is 20.3. The zero-order chi connectivity index (χ0) is 18.5. The second-order valence-electron chi connectivity index (χ2n) is 5.62. The number of nitrogens with one attached hydrogen (secondary N) is 1. The van der Waals surface area contributed by atoms with Crippen LogP contribution in [0.5, 0.6) is 11.5 Å². The van der Waals surface area contributed by atoms with Crippen molar-refractivity contribution in [3.05, 3.63) is 12.1 Å². The zero-order valence-electron chi connectivity index (χ0n) is 14.0. The maximum Gasteiger partial charge on any atom is 0.412 e. The molecule has 0 heterocycles. The van der Waals surface area contributed by atoms with Gasteiger partial charge in [-0.15, -0.1) is 0 Å². The Labute approximate surface area is 145 Å². The maximum atomic E-state index is 12.0. The lowest BCUT2D eigenvalue weighted by molar-refractivity contribution is 0.0490. The van der Waals surface area contributed by atoms with Crippen LogP contribution in [0.1, 0.15) is 20.8 Å². The van der Waals surface area contributed by atoms with E-state index in [1.54, 1.807) is 20.8 Å². The second-order valence-corrected chi connectivity index (χ2v) is 8.18. The van der Waals surface area contributed by atoms with Crippen molar-refractivity contribution >= 4 is 31.5 Å². The quantitative estimate of drug-likeness (QED) is 0.597. The Morgan fingerprint density at radius 2 is 1.88 bits per heavy atom. The van der Waals surface area contributed by atoms with E-state index >= 15 is 0 Å². The molecular formula is C14H20ClNO7S. The SMILES string of the molecule is COCOc1c(NC(=O)OC(C)(C)C)cc(S(=O)(=O)Cl)cc1OC. The number of benzene rings is 1. The van der Waals surface area contributed by atoms with Crippen LogP contribution >= 0.6 is 10.7 Å². The minimum Gasteiger partial charge on any atom is -0.493 e. The largest absolute Gasteiger partial charge is 0.493 e. The molecule has 24 heavy (non-hydrogen) atoms. The van der Waals surface area contributed by atoms with E-state index < -0.39 is 20.7 Å². The topological polar surface area (TPSA) is 100 Å². The summed E-state index contributed by atoms with van der Waals surface area (Å²) in [5.41, 5.74) is -0.724. The van der Waals surface area contributed by atoms with E-state index in [4.69, 9.17) is 29.6 Å². The van der Waals surface area contributed by atoms with Gasteiger partial charge in [0.05, 0.1) is 17.7 Å². The number of carbonyl (C=O) groups excluding carboxylic acids is 1. The lowest BCUT2D eigenvalue weighted by Crippen LogP contribution is -2.27. The number of amides is 1. The van der Waals surface area contributed by atoms with Crippen LogP contribution in [0, 0.1) is 0 Å². The highest BCUT2D eigenvalue weighted by Crippen LogP contribution is 2.39. The number of rotatable bonds is 6. The zero-order valence-corrected chi connectivity index (χ0v) is 15.6. The fourth-order valence-electron chi connectivity index (χ4n) is 1.64. The smallest absolute Gasteiger partial charge is 0.412 e. The first-order valence-corrected chi connectivity index (χ1v) is 9.07. The summed E-state index contributed by atoms with van der Waals surface area (Å²) in [4.78, 5) is 11.7. The fourth-order valence-corrected chi connectivity index (χ4v) is 2.42. The summed E-state index contributed by atoms with van der Waals surface area (Å²) >= 11 is 0. The molecule has 0 fully saturated rings. The van der Waals surface area contributed by atoms with Gasteiger partial charge < -0.3 is 18.9 Å². The highest BCUT2D eigenvalue weighted by molar-refractivity contribution is 8.13. The molecule has 0 aliphatic rings. The molecule has 1 amide bonds. The number of hydrogen-bond donors (Lipinski definition) is 1. The number of halogens is 1. The Morgan fingerprint density at radius 1 is 1.25 bits per heavy atom. The van der Waals surface area contributed by atoms with Crippen molar-refractivity contribution in [2.24, 2.45) is 0 Å². The van der Waals surface area contributed by atoms with E-state index in [9.17, 15) is 13.2 Å². The lowest BCUT2D eigenvalue weighted by Gasteiger charge is -2.21. The van der Waals surface area contributed by atoms with Gasteiger partial charge in [-0.1, -0.05) is 0 Å². The van der Waals surface area contributed by atoms with E-state index in [1.165, 1.54) is 20.3 Å². The van der Waals surface area contributed by atoms with E-state index in [2.05, 4.69) is 5.32 Å². The van der Waals surface area contributed by atoms with Gasteiger partial charge in [-0.25, -0.2) is 13.2 Å². The highest BCUT2D eigenvalue weighted by atomic mass is 35.7. The van der Waals surface area contributed by atoms with E-state index in [1.807, 2.05) is 0 Å². The van der Waals surface area contributed by atoms with Crippen LogP contribution in [-0.4, -0.2) is 41.1 Å². The Hall–Kier alpha value is -1.71. The normalized spacial score (nSPS) is 11.8. The summed E-state index contributed by atoms with van der Waals surface area (Å²) < 4.78 is 43.6. The number of carbonyl (C=O) groups is 1. The van der Waals surface area contributed by atoms with Crippen LogP contribution in [0.2, 0.25) is 0 Å². The van der Waals surface area contributed by atoms with Crippen molar-refractivity contribution in [1.82, 2.24) is 0 Å². The number of ether oxygens (including phenoxy) is 4. The Kier molecular flexibility index (Phi) is 6.70. The van der Waals surface area contributed by atoms with Gasteiger partial charge >= 0.3 is 6.09 Å². The molecule has 0 bridgehead atoms. The molecular weight excluding hydrogens is 362 g/mol. The minimum absolute atomic E-state index is 0.0138. The fraction of sp³-hybridized carbons (Fsp3) is 0.500. The predicted molar refractivity (Wildman–Crippen MR) is 88.4 cm³/mol. The summed E-state index contributed by atoms with van der Waals surface area (Å²) in [6, 6.07) is 2.31. The molecule has 1 N–H and O–H groups in total. The van der Waals surface area contributed by atoms with Crippen molar-refractivity contribution in [2.75, 3.05) is 26.3 Å². The van der Waals surface area contributed by atoms with Crippen LogP contribution in [0.4, 0.5) is 10.5 Å². The summed E-state index contributed by atoms with van der Waals surface area (Å²) in [7, 11) is 4.04. The van der Waals surface area contributed by atoms with Gasteiger partial charge in [0.1, 0.15) is 5.60 Å². The van der Waals surface area contributed by atoms with Crippen molar-refractivity contribution in [3.8, 4) is 11.5 Å². The molecule has 1 aromatic rings. The van der Waals surface area contributed by atoms with E-state index in [-0.39, 0.29) is 28.9 Å². The standard InChI is InChI=1S/C14H20ClNO7S/c1-14(2,3)23-13(17)16-10-6-9(24(15,18)19)7-11(21-5)12(10)22-8-20-4/h6-7H,8H2,1-5H3,(H,16,17). The minimum atomic E-state index is -4.05. The van der Waals surface area contributed by atoms with Gasteiger partial charge in [-0.3, -0.25) is 5.32 Å². The molecule has 10 heteroatoms. The van der Waals surface area contributed by atoms with Gasteiger partial charge in [0.25, 0.3) is 9.05 Å². The van der Waals surface area contributed by atoms with Crippen molar-refractivity contribution in [3.63, 3.8) is 0 Å². The number of anilines is 1. The van der Waals surface area contributed by atoms with Crippen LogP contribution in [0.25, 0.3) is 0 Å². The molecule has 136 valence electrons. The summed E-state index contributed by atoms with van der Waals surface area (Å²) in [5, 5.41) is 2.42. The lowest BCUT2D eigenvalue weighted by atomic mass is 10.2. The summed E-state index contributed by atoms with van der Waals surface area (Å²) in [6.07, 6.45) is -0.795. The molecule has 0 radical (unpaired) electrons. The van der Waals surface area contributed by atoms with Crippen LogP contribution in [-0.2, 0) is 18.5 Å². The predicted octanol–water partition coefficient (Wildman–Crippen LogP) is 2.95. The molecule has 0 aliphatic carbocycles. The van der Waals surface area contributed by atoms with Gasteiger partial charge in [0.15, 0.2) is 18.3 Å². The molecule has 0 unspecified atom stereocenters.